The Morgan fingerprint density at radius 1 is 1.22 bits per heavy atom. The number of anilines is 1. The molecular weight excluding hydrogens is 310 g/mol. The van der Waals surface area contributed by atoms with Gasteiger partial charge in [0.15, 0.2) is 0 Å². The molecule has 0 unspecified atom stereocenters. The van der Waals surface area contributed by atoms with Crippen molar-refractivity contribution in [1.82, 2.24) is 20.0 Å². The molecule has 1 N–H and O–H groups in total. The van der Waals surface area contributed by atoms with E-state index in [1.807, 2.05) is 0 Å². The van der Waals surface area contributed by atoms with Crippen molar-refractivity contribution >= 4 is 22.4 Å². The van der Waals surface area contributed by atoms with Gasteiger partial charge >= 0.3 is 0 Å². The van der Waals surface area contributed by atoms with Gasteiger partial charge in [-0.3, -0.25) is 19.9 Å². The predicted molar refractivity (Wildman–Crippen MR) is 91.4 cm³/mol. The maximum Gasteiger partial charge on any atom is 0.240 e. The summed E-state index contributed by atoms with van der Waals surface area (Å²) in [6.45, 7) is 7.35. The number of aromatic nitrogens is 2. The fourth-order valence-electron chi connectivity index (χ4n) is 2.72. The van der Waals surface area contributed by atoms with Crippen LogP contribution in [0.4, 0.5) is 5.13 Å². The summed E-state index contributed by atoms with van der Waals surface area (Å²) < 4.78 is 0. The van der Waals surface area contributed by atoms with Crippen LogP contribution < -0.4 is 5.32 Å². The van der Waals surface area contributed by atoms with Gasteiger partial charge in [0, 0.05) is 32.7 Å². The van der Waals surface area contributed by atoms with Crippen LogP contribution in [0.5, 0.6) is 0 Å². The molecule has 23 heavy (non-hydrogen) atoms. The van der Waals surface area contributed by atoms with Gasteiger partial charge in [-0.25, -0.2) is 0 Å². The molecule has 0 aliphatic carbocycles. The van der Waals surface area contributed by atoms with Gasteiger partial charge in [-0.05, 0) is 18.1 Å². The maximum absolute atomic E-state index is 12.0. The number of carbonyl (C=O) groups excluding carboxylic acids is 1. The van der Waals surface area contributed by atoms with E-state index in [-0.39, 0.29) is 5.91 Å². The van der Waals surface area contributed by atoms with Gasteiger partial charge in [0.1, 0.15) is 5.51 Å². The van der Waals surface area contributed by atoms with E-state index in [0.29, 0.717) is 11.7 Å². The molecule has 122 valence electrons. The van der Waals surface area contributed by atoms with Gasteiger partial charge in [0.05, 0.1) is 6.54 Å². The van der Waals surface area contributed by atoms with Crippen LogP contribution in [-0.4, -0.2) is 58.6 Å². The van der Waals surface area contributed by atoms with Crippen LogP contribution in [0.2, 0.25) is 0 Å². The predicted octanol–water partition coefficient (Wildman–Crippen LogP) is 1.60. The lowest BCUT2D eigenvalue weighted by Gasteiger charge is -2.34. The number of carbonyl (C=O) groups is 1. The zero-order valence-electron chi connectivity index (χ0n) is 13.2. The highest BCUT2D eigenvalue weighted by Gasteiger charge is 2.19. The molecule has 6 nitrogen and oxygen atoms in total. The monoisotopic (exact) mass is 331 g/mol. The molecule has 1 amide bonds. The van der Waals surface area contributed by atoms with Crippen LogP contribution in [-0.2, 0) is 11.3 Å². The van der Waals surface area contributed by atoms with Crippen LogP contribution in [0, 0.1) is 6.92 Å². The number of rotatable bonds is 5. The lowest BCUT2D eigenvalue weighted by Crippen LogP contribution is -2.48. The minimum Gasteiger partial charge on any atom is -0.299 e. The molecule has 1 aromatic carbocycles. The summed E-state index contributed by atoms with van der Waals surface area (Å²) in [6, 6.07) is 8.52. The van der Waals surface area contributed by atoms with Crippen LogP contribution >= 0.6 is 11.3 Å². The van der Waals surface area contributed by atoms with Gasteiger partial charge < -0.3 is 0 Å². The van der Waals surface area contributed by atoms with Crippen LogP contribution in [0.15, 0.2) is 29.8 Å². The summed E-state index contributed by atoms with van der Waals surface area (Å²) in [4.78, 5) is 16.6. The summed E-state index contributed by atoms with van der Waals surface area (Å²) in [7, 11) is 0. The van der Waals surface area contributed by atoms with E-state index in [0.717, 1.165) is 32.7 Å². The third-order valence-corrected chi connectivity index (χ3v) is 4.70. The Bertz CT molecular complexity index is 638. The van der Waals surface area contributed by atoms with E-state index in [9.17, 15) is 4.79 Å². The normalized spacial score (nSPS) is 16.4. The zero-order valence-corrected chi connectivity index (χ0v) is 14.1. The van der Waals surface area contributed by atoms with Crippen molar-refractivity contribution in [3.05, 3.63) is 40.9 Å². The van der Waals surface area contributed by atoms with Crippen LogP contribution in [0.1, 0.15) is 11.1 Å². The summed E-state index contributed by atoms with van der Waals surface area (Å²) in [6.07, 6.45) is 0. The highest BCUT2D eigenvalue weighted by Crippen LogP contribution is 2.13. The largest absolute Gasteiger partial charge is 0.299 e. The molecule has 2 aromatic rings. The summed E-state index contributed by atoms with van der Waals surface area (Å²) >= 11 is 1.34. The molecule has 0 spiro atoms. The number of aryl methyl sites for hydroxylation is 1. The number of piperazine rings is 1. The SMILES string of the molecule is Cc1ccccc1CN1CCN(CC(=O)Nc2nncs2)CC1. The van der Waals surface area contributed by atoms with Crippen LogP contribution in [0.3, 0.4) is 0 Å². The van der Waals surface area contributed by atoms with Crippen molar-refractivity contribution in [3.8, 4) is 0 Å². The zero-order chi connectivity index (χ0) is 16.1. The highest BCUT2D eigenvalue weighted by molar-refractivity contribution is 7.13. The van der Waals surface area contributed by atoms with Gasteiger partial charge in [0.25, 0.3) is 0 Å². The molecule has 1 fully saturated rings. The Hall–Kier alpha value is -1.83. The number of amides is 1. The number of hydrogen-bond donors (Lipinski definition) is 1. The van der Waals surface area contributed by atoms with Crippen molar-refractivity contribution in [1.29, 1.82) is 0 Å². The average Bonchev–Trinajstić information content (AvgIpc) is 3.04. The third-order valence-electron chi connectivity index (χ3n) is 4.09. The van der Waals surface area contributed by atoms with E-state index in [2.05, 4.69) is 56.5 Å². The lowest BCUT2D eigenvalue weighted by atomic mass is 10.1. The lowest BCUT2D eigenvalue weighted by molar-refractivity contribution is -0.117. The molecule has 0 radical (unpaired) electrons. The van der Waals surface area contributed by atoms with Crippen molar-refractivity contribution in [2.45, 2.75) is 13.5 Å². The van der Waals surface area contributed by atoms with Crippen molar-refractivity contribution < 1.29 is 4.79 Å². The fourth-order valence-corrected chi connectivity index (χ4v) is 3.18. The first-order valence-corrected chi connectivity index (χ1v) is 8.64. The molecule has 1 aliphatic heterocycles. The summed E-state index contributed by atoms with van der Waals surface area (Å²) in [5.74, 6) is -0.0193. The van der Waals surface area contributed by atoms with Gasteiger partial charge in [-0.1, -0.05) is 35.6 Å². The number of nitrogens with zero attached hydrogens (tertiary/aromatic N) is 4. The van der Waals surface area contributed by atoms with E-state index >= 15 is 0 Å². The second-order valence-electron chi connectivity index (χ2n) is 5.77. The molecule has 1 saturated heterocycles. The molecule has 1 aliphatic rings. The standard InChI is InChI=1S/C16H21N5OS/c1-13-4-2-3-5-14(13)10-20-6-8-21(9-7-20)11-15(22)18-16-19-17-12-23-16/h2-5,12H,6-11H2,1H3,(H,18,19,22). The van der Waals surface area contributed by atoms with Crippen molar-refractivity contribution in [3.63, 3.8) is 0 Å². The topological polar surface area (TPSA) is 61.4 Å². The fraction of sp³-hybridized carbons (Fsp3) is 0.438. The van der Waals surface area contributed by atoms with E-state index < -0.39 is 0 Å². The number of hydrogen-bond acceptors (Lipinski definition) is 6. The molecule has 3 rings (SSSR count). The number of nitrogens with one attached hydrogen (secondary N) is 1. The van der Waals surface area contributed by atoms with Gasteiger partial charge in [0.2, 0.25) is 11.0 Å². The molecular formula is C16H21N5OS. The first-order valence-electron chi connectivity index (χ1n) is 7.76. The third kappa shape index (κ3) is 4.57. The molecule has 0 atom stereocenters. The second-order valence-corrected chi connectivity index (χ2v) is 6.60. The van der Waals surface area contributed by atoms with E-state index in [4.69, 9.17) is 0 Å². The summed E-state index contributed by atoms with van der Waals surface area (Å²) in [5, 5.41) is 10.9. The molecule has 0 saturated carbocycles. The molecule has 1 aromatic heterocycles. The Balaban J connectivity index is 1.43. The molecule has 7 heteroatoms. The number of benzene rings is 1. The maximum atomic E-state index is 12.0. The quantitative estimate of drug-likeness (QED) is 0.902. The summed E-state index contributed by atoms with van der Waals surface area (Å²) in [5.41, 5.74) is 4.33. The minimum absolute atomic E-state index is 0.0193. The van der Waals surface area contributed by atoms with Gasteiger partial charge in [-0.15, -0.1) is 10.2 Å². The molecule has 2 heterocycles. The Kier molecular flexibility index (Phi) is 5.32. The second kappa shape index (κ2) is 7.63. The first-order chi connectivity index (χ1) is 11.2. The Labute approximate surface area is 140 Å². The van der Waals surface area contributed by atoms with Gasteiger partial charge in [-0.2, -0.15) is 0 Å². The van der Waals surface area contributed by atoms with Crippen LogP contribution in [0.25, 0.3) is 0 Å². The Morgan fingerprint density at radius 3 is 2.65 bits per heavy atom. The van der Waals surface area contributed by atoms with Crippen molar-refractivity contribution in [2.75, 3.05) is 38.0 Å². The smallest absolute Gasteiger partial charge is 0.240 e. The first kappa shape index (κ1) is 16.0. The highest BCUT2D eigenvalue weighted by atomic mass is 32.1. The van der Waals surface area contributed by atoms with E-state index in [1.54, 1.807) is 5.51 Å². The Morgan fingerprint density at radius 2 is 1.96 bits per heavy atom. The average molecular weight is 331 g/mol. The van der Waals surface area contributed by atoms with Crippen molar-refractivity contribution in [2.24, 2.45) is 0 Å². The van der Waals surface area contributed by atoms with E-state index in [1.165, 1.54) is 22.5 Å². The minimum atomic E-state index is -0.0193. The molecule has 0 bridgehead atoms.